The van der Waals surface area contributed by atoms with E-state index >= 15 is 0 Å². The molecule has 1 aromatic heterocycles. The molecule has 0 aliphatic carbocycles. The number of amides is 1. The van der Waals surface area contributed by atoms with Gasteiger partial charge in [-0.15, -0.1) is 0 Å². The van der Waals surface area contributed by atoms with Crippen molar-refractivity contribution in [2.24, 2.45) is 0 Å². The van der Waals surface area contributed by atoms with E-state index < -0.39 is 0 Å². The van der Waals surface area contributed by atoms with Gasteiger partial charge in [-0.3, -0.25) is 4.79 Å². The average molecular weight is 390 g/mol. The van der Waals surface area contributed by atoms with Crippen molar-refractivity contribution >= 4 is 28.7 Å². The maximum Gasteiger partial charge on any atom is 0.274 e. The number of carbonyl (C=O) groups excluding carboxylic acids is 1. The number of halogens is 1. The van der Waals surface area contributed by atoms with Crippen LogP contribution in [0.15, 0.2) is 66.9 Å². The summed E-state index contributed by atoms with van der Waals surface area (Å²) < 4.78 is 13.3. The van der Waals surface area contributed by atoms with Crippen LogP contribution in [0.1, 0.15) is 29.8 Å². The number of anilines is 4. The minimum Gasteiger partial charge on any atom is -0.372 e. The third kappa shape index (κ3) is 4.90. The summed E-state index contributed by atoms with van der Waals surface area (Å²) >= 11 is 0. The third-order valence-electron chi connectivity index (χ3n) is 4.96. The molecule has 1 saturated heterocycles. The van der Waals surface area contributed by atoms with E-state index in [0.717, 1.165) is 18.8 Å². The van der Waals surface area contributed by atoms with Gasteiger partial charge < -0.3 is 15.5 Å². The summed E-state index contributed by atoms with van der Waals surface area (Å²) in [7, 11) is 0. The van der Waals surface area contributed by atoms with Crippen LogP contribution in [-0.4, -0.2) is 24.0 Å². The predicted molar refractivity (Wildman–Crippen MR) is 114 cm³/mol. The molecule has 0 spiro atoms. The third-order valence-corrected chi connectivity index (χ3v) is 4.96. The Kier molecular flexibility index (Phi) is 5.70. The molecule has 6 heteroatoms. The highest BCUT2D eigenvalue weighted by Crippen LogP contribution is 2.22. The summed E-state index contributed by atoms with van der Waals surface area (Å²) in [5, 5.41) is 5.93. The summed E-state index contributed by atoms with van der Waals surface area (Å²) in [5.74, 6) is -0.585. The fourth-order valence-electron chi connectivity index (χ4n) is 3.44. The van der Waals surface area contributed by atoms with Crippen LogP contribution in [0, 0.1) is 5.82 Å². The van der Waals surface area contributed by atoms with Crippen molar-refractivity contribution in [1.82, 2.24) is 4.98 Å². The van der Waals surface area contributed by atoms with Gasteiger partial charge in [-0.1, -0.05) is 6.07 Å². The van der Waals surface area contributed by atoms with Gasteiger partial charge in [-0.25, -0.2) is 9.37 Å². The van der Waals surface area contributed by atoms with Gasteiger partial charge in [-0.05, 0) is 73.9 Å². The molecule has 2 N–H and O–H groups in total. The van der Waals surface area contributed by atoms with Gasteiger partial charge in [0.1, 0.15) is 11.5 Å². The topological polar surface area (TPSA) is 57.3 Å². The normalized spacial score (nSPS) is 13.8. The molecule has 1 aliphatic heterocycles. The molecule has 1 fully saturated rings. The Morgan fingerprint density at radius 2 is 1.66 bits per heavy atom. The smallest absolute Gasteiger partial charge is 0.274 e. The van der Waals surface area contributed by atoms with E-state index in [1.807, 2.05) is 24.3 Å². The van der Waals surface area contributed by atoms with Crippen LogP contribution in [0.2, 0.25) is 0 Å². The van der Waals surface area contributed by atoms with Gasteiger partial charge in [-0.2, -0.15) is 0 Å². The second-order valence-corrected chi connectivity index (χ2v) is 7.12. The fraction of sp³-hybridized carbons (Fsp3) is 0.217. The van der Waals surface area contributed by atoms with E-state index in [1.165, 1.54) is 37.1 Å². The second-order valence-electron chi connectivity index (χ2n) is 7.12. The van der Waals surface area contributed by atoms with Crippen LogP contribution in [-0.2, 0) is 0 Å². The Morgan fingerprint density at radius 1 is 0.897 bits per heavy atom. The zero-order valence-electron chi connectivity index (χ0n) is 16.1. The van der Waals surface area contributed by atoms with Crippen molar-refractivity contribution < 1.29 is 9.18 Å². The lowest BCUT2D eigenvalue weighted by Gasteiger charge is -2.28. The number of hydrogen-bond acceptors (Lipinski definition) is 4. The van der Waals surface area contributed by atoms with Crippen molar-refractivity contribution in [3.05, 3.63) is 78.4 Å². The highest BCUT2D eigenvalue weighted by Gasteiger charge is 2.12. The van der Waals surface area contributed by atoms with Crippen LogP contribution in [0.5, 0.6) is 0 Å². The van der Waals surface area contributed by atoms with Crippen molar-refractivity contribution in [2.75, 3.05) is 28.6 Å². The SMILES string of the molecule is O=C(Nc1ccc(N2CCCCC2)cc1)c1ccc(Nc2cccc(F)c2)cn1. The Labute approximate surface area is 169 Å². The molecule has 4 rings (SSSR count). The van der Waals surface area contributed by atoms with Gasteiger partial charge in [0, 0.05) is 30.2 Å². The quantitative estimate of drug-likeness (QED) is 0.628. The largest absolute Gasteiger partial charge is 0.372 e. The van der Waals surface area contributed by atoms with Gasteiger partial charge in [0.25, 0.3) is 5.91 Å². The predicted octanol–water partition coefficient (Wildman–Crippen LogP) is 5.21. The number of pyridine rings is 1. The first kappa shape index (κ1) is 18.9. The standard InChI is InChI=1S/C23H23FN4O/c24-17-5-4-6-19(15-17)26-20-9-12-22(25-16-20)23(29)27-18-7-10-21(11-8-18)28-13-2-1-3-14-28/h4-12,15-16,26H,1-3,13-14H2,(H,27,29). The van der Waals surface area contributed by atoms with E-state index in [2.05, 4.69) is 20.5 Å². The van der Waals surface area contributed by atoms with Crippen molar-refractivity contribution in [2.45, 2.75) is 19.3 Å². The number of aromatic nitrogens is 1. The van der Waals surface area contributed by atoms with Gasteiger partial charge in [0.05, 0.1) is 11.9 Å². The lowest BCUT2D eigenvalue weighted by atomic mass is 10.1. The molecule has 0 radical (unpaired) electrons. The molecule has 2 aromatic carbocycles. The molecule has 0 atom stereocenters. The van der Waals surface area contributed by atoms with E-state index in [1.54, 1.807) is 30.5 Å². The first-order chi connectivity index (χ1) is 14.2. The minimum absolute atomic E-state index is 0.270. The van der Waals surface area contributed by atoms with E-state index in [9.17, 15) is 9.18 Å². The minimum atomic E-state index is -0.315. The lowest BCUT2D eigenvalue weighted by Crippen LogP contribution is -2.29. The van der Waals surface area contributed by atoms with E-state index in [-0.39, 0.29) is 11.7 Å². The molecule has 0 bridgehead atoms. The van der Waals surface area contributed by atoms with Crippen LogP contribution >= 0.6 is 0 Å². The molecule has 0 unspecified atom stereocenters. The van der Waals surface area contributed by atoms with Crippen molar-refractivity contribution in [3.63, 3.8) is 0 Å². The number of carbonyl (C=O) groups is 1. The maximum atomic E-state index is 13.3. The molecule has 3 aromatic rings. The van der Waals surface area contributed by atoms with Crippen molar-refractivity contribution in [3.8, 4) is 0 Å². The summed E-state index contributed by atoms with van der Waals surface area (Å²) in [6, 6.07) is 17.5. The van der Waals surface area contributed by atoms with Crippen LogP contribution in [0.4, 0.5) is 27.1 Å². The zero-order chi connectivity index (χ0) is 20.1. The highest BCUT2D eigenvalue weighted by atomic mass is 19.1. The maximum absolute atomic E-state index is 13.3. The zero-order valence-corrected chi connectivity index (χ0v) is 16.1. The second kappa shape index (κ2) is 8.73. The Bertz CT molecular complexity index is 967. The Hall–Kier alpha value is -3.41. The molecule has 1 amide bonds. The lowest BCUT2D eigenvalue weighted by molar-refractivity contribution is 0.102. The first-order valence-corrected chi connectivity index (χ1v) is 9.82. The van der Waals surface area contributed by atoms with E-state index in [0.29, 0.717) is 17.1 Å². The van der Waals surface area contributed by atoms with Crippen LogP contribution in [0.25, 0.3) is 0 Å². The number of benzene rings is 2. The monoisotopic (exact) mass is 390 g/mol. The number of nitrogens with zero attached hydrogens (tertiary/aromatic N) is 2. The van der Waals surface area contributed by atoms with Crippen LogP contribution < -0.4 is 15.5 Å². The molecular formula is C23H23FN4O. The Morgan fingerprint density at radius 3 is 2.34 bits per heavy atom. The summed E-state index contributed by atoms with van der Waals surface area (Å²) in [5.41, 5.74) is 3.54. The highest BCUT2D eigenvalue weighted by molar-refractivity contribution is 6.03. The summed E-state index contributed by atoms with van der Waals surface area (Å²) in [6.07, 6.45) is 5.32. The Balaban J connectivity index is 1.36. The molecule has 2 heterocycles. The number of rotatable bonds is 5. The number of nitrogens with one attached hydrogen (secondary N) is 2. The van der Waals surface area contributed by atoms with Gasteiger partial charge in [0.15, 0.2) is 0 Å². The van der Waals surface area contributed by atoms with Gasteiger partial charge in [0.2, 0.25) is 0 Å². The van der Waals surface area contributed by atoms with Crippen molar-refractivity contribution in [1.29, 1.82) is 0 Å². The first-order valence-electron chi connectivity index (χ1n) is 9.82. The fourth-order valence-corrected chi connectivity index (χ4v) is 3.44. The average Bonchev–Trinajstić information content (AvgIpc) is 2.75. The molecule has 148 valence electrons. The number of piperidine rings is 1. The van der Waals surface area contributed by atoms with Crippen LogP contribution in [0.3, 0.4) is 0 Å². The summed E-state index contributed by atoms with van der Waals surface area (Å²) in [6.45, 7) is 2.18. The van der Waals surface area contributed by atoms with Gasteiger partial charge >= 0.3 is 0 Å². The van der Waals surface area contributed by atoms with E-state index in [4.69, 9.17) is 0 Å². The molecule has 29 heavy (non-hydrogen) atoms. The molecule has 0 saturated carbocycles. The summed E-state index contributed by atoms with van der Waals surface area (Å²) in [4.78, 5) is 19.0. The molecule has 1 aliphatic rings. The molecular weight excluding hydrogens is 367 g/mol. The molecule has 5 nitrogen and oxygen atoms in total. The number of hydrogen-bond donors (Lipinski definition) is 2.